The van der Waals surface area contributed by atoms with E-state index < -0.39 is 11.8 Å². The number of aliphatic carboxylic acids is 1. The fourth-order valence-electron chi connectivity index (χ4n) is 2.01. The predicted molar refractivity (Wildman–Crippen MR) is 92.6 cm³/mol. The highest BCUT2D eigenvalue weighted by molar-refractivity contribution is 6.32. The molecule has 1 N–H and O–H groups in total. The normalized spacial score (nSPS) is 11.2. The Balaban J connectivity index is 2.23. The Hall–Kier alpha value is -2.65. The van der Waals surface area contributed by atoms with Gasteiger partial charge in [0.25, 0.3) is 0 Å². The van der Waals surface area contributed by atoms with E-state index in [1.54, 1.807) is 60.7 Å². The van der Waals surface area contributed by atoms with Crippen molar-refractivity contribution in [1.82, 2.24) is 0 Å². The maximum atomic E-state index is 13.6. The fraction of sp³-hybridized carbons (Fsp3) is 0. The van der Waals surface area contributed by atoms with Crippen molar-refractivity contribution in [3.8, 4) is 0 Å². The molecular weight excluding hydrogens is 315 g/mol. The largest absolute Gasteiger partial charge is 0.478 e. The van der Waals surface area contributed by atoms with Gasteiger partial charge in [-0.3, -0.25) is 0 Å². The monoisotopic (exact) mass is 328 g/mol. The molecule has 0 atom stereocenters. The fourth-order valence-corrected chi connectivity index (χ4v) is 2.24. The molecular formula is C19H14ClFO2. The minimum absolute atomic E-state index is 0.0198. The van der Waals surface area contributed by atoms with Crippen molar-refractivity contribution in [1.29, 1.82) is 0 Å². The van der Waals surface area contributed by atoms with Gasteiger partial charge in [0.2, 0.25) is 0 Å². The van der Waals surface area contributed by atoms with Gasteiger partial charge in [0, 0.05) is 5.56 Å². The van der Waals surface area contributed by atoms with Gasteiger partial charge in [0.05, 0.1) is 10.6 Å². The van der Waals surface area contributed by atoms with E-state index in [4.69, 9.17) is 16.7 Å². The molecule has 0 bridgehead atoms. The minimum atomic E-state index is -1.07. The molecule has 0 spiro atoms. The summed E-state index contributed by atoms with van der Waals surface area (Å²) in [4.78, 5) is 11.0. The van der Waals surface area contributed by atoms with E-state index in [0.717, 1.165) is 0 Å². The SMILES string of the molecule is C=C(C(=O)O)c1ccccc1/C=C/C=C/c1c(F)cccc1Cl. The lowest BCUT2D eigenvalue weighted by Crippen LogP contribution is -1.99. The van der Waals surface area contributed by atoms with Crippen LogP contribution in [0.3, 0.4) is 0 Å². The molecule has 0 aromatic heterocycles. The van der Waals surface area contributed by atoms with Crippen molar-refractivity contribution in [2.24, 2.45) is 0 Å². The van der Waals surface area contributed by atoms with Crippen molar-refractivity contribution >= 4 is 35.3 Å². The van der Waals surface area contributed by atoms with Gasteiger partial charge in [-0.25, -0.2) is 9.18 Å². The molecule has 0 unspecified atom stereocenters. The lowest BCUT2D eigenvalue weighted by molar-refractivity contribution is -0.130. The van der Waals surface area contributed by atoms with E-state index >= 15 is 0 Å². The van der Waals surface area contributed by atoms with Crippen LogP contribution < -0.4 is 0 Å². The van der Waals surface area contributed by atoms with Crippen LogP contribution in [0.2, 0.25) is 5.02 Å². The standard InChI is InChI=1S/C19H14ClFO2/c1-13(19(22)23)15-9-4-2-7-14(15)8-3-5-10-16-17(20)11-6-12-18(16)21/h2-12H,1H2,(H,22,23)/b8-3+,10-5+. The van der Waals surface area contributed by atoms with Gasteiger partial charge in [0.15, 0.2) is 0 Å². The second-order valence-corrected chi connectivity index (χ2v) is 5.13. The number of allylic oxidation sites excluding steroid dienone is 2. The Labute approximate surface area is 138 Å². The summed E-state index contributed by atoms with van der Waals surface area (Å²) < 4.78 is 13.6. The zero-order valence-electron chi connectivity index (χ0n) is 12.2. The number of hydrogen-bond donors (Lipinski definition) is 1. The molecule has 0 fully saturated rings. The van der Waals surface area contributed by atoms with Crippen molar-refractivity contribution in [3.63, 3.8) is 0 Å². The van der Waals surface area contributed by atoms with Gasteiger partial charge in [-0.2, -0.15) is 0 Å². The third kappa shape index (κ3) is 4.18. The summed E-state index contributed by atoms with van der Waals surface area (Å²) in [6, 6.07) is 11.5. The van der Waals surface area contributed by atoms with Gasteiger partial charge < -0.3 is 5.11 Å². The van der Waals surface area contributed by atoms with Gasteiger partial charge in [-0.15, -0.1) is 0 Å². The second-order valence-electron chi connectivity index (χ2n) is 4.72. The first kappa shape index (κ1) is 16.7. The van der Waals surface area contributed by atoms with Crippen molar-refractivity contribution in [2.45, 2.75) is 0 Å². The van der Waals surface area contributed by atoms with Crippen molar-refractivity contribution in [2.75, 3.05) is 0 Å². The molecule has 2 nitrogen and oxygen atoms in total. The van der Waals surface area contributed by atoms with E-state index in [0.29, 0.717) is 21.7 Å². The van der Waals surface area contributed by atoms with Crippen LogP contribution in [0.1, 0.15) is 16.7 Å². The first-order chi connectivity index (χ1) is 11.0. The lowest BCUT2D eigenvalue weighted by Gasteiger charge is -2.04. The van der Waals surface area contributed by atoms with Crippen LogP contribution in [0, 0.1) is 5.82 Å². The Kier molecular flexibility index (Phi) is 5.50. The molecule has 0 amide bonds. The number of hydrogen-bond acceptors (Lipinski definition) is 1. The van der Waals surface area contributed by atoms with Crippen LogP contribution in [0.25, 0.3) is 17.7 Å². The van der Waals surface area contributed by atoms with Crippen LogP contribution in [-0.4, -0.2) is 11.1 Å². The van der Waals surface area contributed by atoms with E-state index in [1.165, 1.54) is 6.07 Å². The van der Waals surface area contributed by atoms with Crippen LogP contribution in [0.15, 0.2) is 61.2 Å². The highest BCUT2D eigenvalue weighted by atomic mass is 35.5. The number of carboxylic acids is 1. The number of rotatable bonds is 5. The summed E-state index contributed by atoms with van der Waals surface area (Å²) in [5.41, 5.74) is 1.58. The minimum Gasteiger partial charge on any atom is -0.478 e. The smallest absolute Gasteiger partial charge is 0.335 e. The summed E-state index contributed by atoms with van der Waals surface area (Å²) in [5.74, 6) is -1.47. The Morgan fingerprint density at radius 2 is 1.78 bits per heavy atom. The third-order valence-corrected chi connectivity index (χ3v) is 3.52. The molecule has 0 saturated heterocycles. The average molecular weight is 329 g/mol. The van der Waals surface area contributed by atoms with Crippen LogP contribution in [0.4, 0.5) is 4.39 Å². The Morgan fingerprint density at radius 1 is 1.09 bits per heavy atom. The first-order valence-electron chi connectivity index (χ1n) is 6.81. The molecule has 0 aliphatic carbocycles. The molecule has 116 valence electrons. The molecule has 2 aromatic carbocycles. The quantitative estimate of drug-likeness (QED) is 0.597. The van der Waals surface area contributed by atoms with Crippen molar-refractivity contribution < 1.29 is 14.3 Å². The van der Waals surface area contributed by atoms with E-state index in [-0.39, 0.29) is 5.57 Å². The van der Waals surface area contributed by atoms with E-state index in [1.807, 2.05) is 0 Å². The molecule has 0 aliphatic heterocycles. The van der Waals surface area contributed by atoms with Gasteiger partial charge in [-0.1, -0.05) is 72.8 Å². The van der Waals surface area contributed by atoms with Crippen LogP contribution >= 0.6 is 11.6 Å². The average Bonchev–Trinajstić information content (AvgIpc) is 2.53. The topological polar surface area (TPSA) is 37.3 Å². The molecule has 2 aromatic rings. The second kappa shape index (κ2) is 7.56. The highest BCUT2D eigenvalue weighted by Crippen LogP contribution is 2.21. The predicted octanol–water partition coefficient (Wildman–Crippen LogP) is 5.30. The molecule has 0 radical (unpaired) electrons. The molecule has 0 heterocycles. The van der Waals surface area contributed by atoms with Gasteiger partial charge in [0.1, 0.15) is 5.82 Å². The lowest BCUT2D eigenvalue weighted by atomic mass is 10.0. The summed E-state index contributed by atoms with van der Waals surface area (Å²) in [5, 5.41) is 9.38. The first-order valence-corrected chi connectivity index (χ1v) is 7.19. The summed E-state index contributed by atoms with van der Waals surface area (Å²) in [6.45, 7) is 3.57. The van der Waals surface area contributed by atoms with E-state index in [9.17, 15) is 9.18 Å². The summed E-state index contributed by atoms with van der Waals surface area (Å²) >= 11 is 5.93. The number of benzene rings is 2. The van der Waals surface area contributed by atoms with Gasteiger partial charge in [-0.05, 0) is 23.3 Å². The Bertz CT molecular complexity index is 787. The summed E-state index contributed by atoms with van der Waals surface area (Å²) in [7, 11) is 0. The van der Waals surface area contributed by atoms with Crippen LogP contribution in [-0.2, 0) is 4.79 Å². The maximum absolute atomic E-state index is 13.6. The molecule has 4 heteroatoms. The number of halogens is 2. The molecule has 0 saturated carbocycles. The maximum Gasteiger partial charge on any atom is 0.335 e. The molecule has 0 aliphatic rings. The Morgan fingerprint density at radius 3 is 2.48 bits per heavy atom. The number of carbonyl (C=O) groups is 1. The zero-order chi connectivity index (χ0) is 16.8. The number of carboxylic acid groups (broad SMARTS) is 1. The molecule has 23 heavy (non-hydrogen) atoms. The zero-order valence-corrected chi connectivity index (χ0v) is 12.9. The van der Waals surface area contributed by atoms with Crippen molar-refractivity contribution in [3.05, 3.63) is 88.7 Å². The summed E-state index contributed by atoms with van der Waals surface area (Å²) in [6.07, 6.45) is 6.62. The van der Waals surface area contributed by atoms with E-state index in [2.05, 4.69) is 6.58 Å². The van der Waals surface area contributed by atoms with Gasteiger partial charge >= 0.3 is 5.97 Å². The highest BCUT2D eigenvalue weighted by Gasteiger charge is 2.09. The van der Waals surface area contributed by atoms with Crippen LogP contribution in [0.5, 0.6) is 0 Å². The third-order valence-electron chi connectivity index (χ3n) is 3.19. The molecule has 2 rings (SSSR count).